The molecule has 6 heteroatoms. The quantitative estimate of drug-likeness (QED) is 0.729. The average Bonchev–Trinajstić information content (AvgIpc) is 2.90. The van der Waals surface area contributed by atoms with Gasteiger partial charge >= 0.3 is 6.18 Å². The van der Waals surface area contributed by atoms with Gasteiger partial charge in [-0.3, -0.25) is 4.79 Å². The third-order valence-corrected chi connectivity index (χ3v) is 3.11. The van der Waals surface area contributed by atoms with Crippen molar-refractivity contribution in [2.75, 3.05) is 0 Å². The lowest BCUT2D eigenvalue weighted by atomic mass is 10.1. The average molecular weight is 290 g/mol. The fourth-order valence-electron chi connectivity index (χ4n) is 2.12. The number of hydrogen-bond donors (Lipinski definition) is 1. The largest absolute Gasteiger partial charge is 0.433 e. The number of alkyl halides is 3. The Balaban J connectivity index is 2.07. The van der Waals surface area contributed by atoms with Gasteiger partial charge in [0.15, 0.2) is 0 Å². The summed E-state index contributed by atoms with van der Waals surface area (Å²) in [6.07, 6.45) is -3.09. The van der Waals surface area contributed by atoms with Crippen LogP contribution in [0.1, 0.15) is 21.7 Å². The Labute approximate surface area is 117 Å². The number of aromatic nitrogens is 2. The number of carbonyl (C=O) groups is 1. The maximum absolute atomic E-state index is 12.6. The third kappa shape index (κ3) is 2.40. The van der Waals surface area contributed by atoms with Crippen LogP contribution in [0.2, 0.25) is 0 Å². The van der Waals surface area contributed by atoms with Crippen LogP contribution in [0.4, 0.5) is 13.2 Å². The molecule has 1 aromatic carbocycles. The molecule has 0 fully saturated rings. The molecule has 3 nitrogen and oxygen atoms in total. The highest BCUT2D eigenvalue weighted by atomic mass is 19.4. The predicted molar refractivity (Wildman–Crippen MR) is 71.0 cm³/mol. The van der Waals surface area contributed by atoms with E-state index in [1.54, 1.807) is 24.3 Å². The van der Waals surface area contributed by atoms with Gasteiger partial charge in [0.05, 0.1) is 0 Å². The maximum Gasteiger partial charge on any atom is 0.433 e. The molecule has 0 aliphatic carbocycles. The fourth-order valence-corrected chi connectivity index (χ4v) is 2.12. The van der Waals surface area contributed by atoms with Gasteiger partial charge in [-0.1, -0.05) is 24.3 Å². The molecule has 0 atom stereocenters. The Morgan fingerprint density at radius 2 is 1.81 bits per heavy atom. The summed E-state index contributed by atoms with van der Waals surface area (Å²) < 4.78 is 37.9. The Hall–Kier alpha value is -2.63. The van der Waals surface area contributed by atoms with Crippen LogP contribution in [0.25, 0.3) is 10.9 Å². The lowest BCUT2D eigenvalue weighted by molar-refractivity contribution is -0.141. The number of fused-ring (bicyclic) bond motifs is 1. The highest BCUT2D eigenvalue weighted by Gasteiger charge is 2.33. The number of pyridine rings is 1. The number of H-pyrrole nitrogens is 1. The lowest BCUT2D eigenvalue weighted by Crippen LogP contribution is -2.12. The summed E-state index contributed by atoms with van der Waals surface area (Å²) in [5, 5.41) is 0.654. The van der Waals surface area contributed by atoms with Crippen molar-refractivity contribution in [3.05, 3.63) is 65.6 Å². The van der Waals surface area contributed by atoms with E-state index in [-0.39, 0.29) is 5.69 Å². The number of nitrogens with one attached hydrogen (secondary N) is 1. The van der Waals surface area contributed by atoms with Crippen molar-refractivity contribution in [1.29, 1.82) is 0 Å². The number of para-hydroxylation sites is 1. The first-order chi connectivity index (χ1) is 9.97. The van der Waals surface area contributed by atoms with Crippen molar-refractivity contribution >= 4 is 16.7 Å². The molecule has 1 N–H and O–H groups in total. The van der Waals surface area contributed by atoms with Crippen molar-refractivity contribution in [1.82, 2.24) is 9.97 Å². The van der Waals surface area contributed by atoms with Crippen LogP contribution in [-0.4, -0.2) is 15.8 Å². The van der Waals surface area contributed by atoms with Gasteiger partial charge in [0.25, 0.3) is 0 Å². The Morgan fingerprint density at radius 1 is 1.05 bits per heavy atom. The van der Waals surface area contributed by atoms with Gasteiger partial charge in [0.2, 0.25) is 5.78 Å². The molecule has 0 saturated carbocycles. The van der Waals surface area contributed by atoms with Gasteiger partial charge in [-0.05, 0) is 18.2 Å². The first kappa shape index (κ1) is 13.4. The topological polar surface area (TPSA) is 45.8 Å². The molecule has 0 aliphatic rings. The molecule has 0 aliphatic heterocycles. The van der Waals surface area contributed by atoms with Gasteiger partial charge < -0.3 is 4.98 Å². The summed E-state index contributed by atoms with van der Waals surface area (Å²) in [4.78, 5) is 18.7. The van der Waals surface area contributed by atoms with Crippen LogP contribution in [-0.2, 0) is 6.18 Å². The predicted octanol–water partition coefficient (Wildman–Crippen LogP) is 3.81. The molecule has 0 radical (unpaired) electrons. The normalized spacial score (nSPS) is 11.8. The van der Waals surface area contributed by atoms with Gasteiger partial charge in [-0.25, -0.2) is 4.98 Å². The summed E-state index contributed by atoms with van der Waals surface area (Å²) in [7, 11) is 0. The summed E-state index contributed by atoms with van der Waals surface area (Å²) >= 11 is 0. The number of benzene rings is 1. The summed E-state index contributed by atoms with van der Waals surface area (Å²) in [6, 6.07) is 10.4. The lowest BCUT2D eigenvalue weighted by Gasteiger charge is -2.06. The Bertz CT molecular complexity index is 821. The zero-order valence-corrected chi connectivity index (χ0v) is 10.6. The molecule has 0 bridgehead atoms. The van der Waals surface area contributed by atoms with Crippen LogP contribution in [0.15, 0.2) is 48.7 Å². The van der Waals surface area contributed by atoms with Crippen LogP contribution in [0.5, 0.6) is 0 Å². The van der Waals surface area contributed by atoms with E-state index in [2.05, 4.69) is 9.97 Å². The Morgan fingerprint density at radius 3 is 2.57 bits per heavy atom. The van der Waals surface area contributed by atoms with Crippen LogP contribution < -0.4 is 0 Å². The van der Waals surface area contributed by atoms with Crippen LogP contribution in [0.3, 0.4) is 0 Å². The number of hydrogen-bond acceptors (Lipinski definition) is 2. The smallest absolute Gasteiger partial charge is 0.360 e. The first-order valence-corrected chi connectivity index (χ1v) is 6.12. The van der Waals surface area contributed by atoms with E-state index in [1.165, 1.54) is 18.3 Å². The number of ketones is 1. The van der Waals surface area contributed by atoms with E-state index in [9.17, 15) is 18.0 Å². The standard InChI is InChI=1S/C15H9F3N2O/c16-15(17,18)13-7-3-6-12(20-13)14(21)10-8-19-11-5-2-1-4-9(10)11/h1-8,19H. The van der Waals surface area contributed by atoms with E-state index in [0.717, 1.165) is 11.6 Å². The monoisotopic (exact) mass is 290 g/mol. The second kappa shape index (κ2) is 4.73. The molecule has 0 unspecified atom stereocenters. The number of halogens is 3. The minimum absolute atomic E-state index is 0.227. The molecule has 21 heavy (non-hydrogen) atoms. The third-order valence-electron chi connectivity index (χ3n) is 3.11. The summed E-state index contributed by atoms with van der Waals surface area (Å²) in [5.41, 5.74) is -0.256. The minimum atomic E-state index is -4.57. The maximum atomic E-state index is 12.6. The van der Waals surface area contributed by atoms with Crippen molar-refractivity contribution in [3.8, 4) is 0 Å². The second-order valence-corrected chi connectivity index (χ2v) is 4.48. The van der Waals surface area contributed by atoms with E-state index in [1.807, 2.05) is 0 Å². The highest BCUT2D eigenvalue weighted by Crippen LogP contribution is 2.28. The van der Waals surface area contributed by atoms with Gasteiger partial charge in [0.1, 0.15) is 11.4 Å². The SMILES string of the molecule is O=C(c1cccc(C(F)(F)F)n1)c1c[nH]c2ccccc12. The first-order valence-electron chi connectivity index (χ1n) is 6.12. The van der Waals surface area contributed by atoms with E-state index in [0.29, 0.717) is 10.9 Å². The Kier molecular flexibility index (Phi) is 3.01. The molecule has 106 valence electrons. The van der Waals surface area contributed by atoms with Crippen molar-refractivity contribution in [2.24, 2.45) is 0 Å². The zero-order valence-electron chi connectivity index (χ0n) is 10.6. The highest BCUT2D eigenvalue weighted by molar-refractivity contribution is 6.15. The van der Waals surface area contributed by atoms with Gasteiger partial charge in [-0.15, -0.1) is 0 Å². The summed E-state index contributed by atoms with van der Waals surface area (Å²) in [5.74, 6) is -0.543. The second-order valence-electron chi connectivity index (χ2n) is 4.48. The van der Waals surface area contributed by atoms with Crippen LogP contribution >= 0.6 is 0 Å². The van der Waals surface area contributed by atoms with Gasteiger partial charge in [-0.2, -0.15) is 13.2 Å². The molecule has 3 aromatic rings. The van der Waals surface area contributed by atoms with Crippen molar-refractivity contribution < 1.29 is 18.0 Å². The molecule has 0 spiro atoms. The minimum Gasteiger partial charge on any atom is -0.360 e. The number of rotatable bonds is 2. The van der Waals surface area contributed by atoms with E-state index < -0.39 is 17.7 Å². The van der Waals surface area contributed by atoms with Crippen molar-refractivity contribution in [3.63, 3.8) is 0 Å². The molecular weight excluding hydrogens is 281 g/mol. The van der Waals surface area contributed by atoms with Crippen LogP contribution in [0, 0.1) is 0 Å². The van der Waals surface area contributed by atoms with Crippen molar-refractivity contribution in [2.45, 2.75) is 6.18 Å². The van der Waals surface area contributed by atoms with Gasteiger partial charge in [0, 0.05) is 22.7 Å². The van der Waals surface area contributed by atoms with E-state index in [4.69, 9.17) is 0 Å². The molecule has 2 aromatic heterocycles. The molecule has 3 rings (SSSR count). The molecule has 0 amide bonds. The molecule has 0 saturated heterocycles. The number of aromatic amines is 1. The molecular formula is C15H9F3N2O. The van der Waals surface area contributed by atoms with E-state index >= 15 is 0 Å². The zero-order chi connectivity index (χ0) is 15.0. The fraction of sp³-hybridized carbons (Fsp3) is 0.0667. The number of carbonyl (C=O) groups excluding carboxylic acids is 1. The summed E-state index contributed by atoms with van der Waals surface area (Å²) in [6.45, 7) is 0. The number of nitrogens with zero attached hydrogens (tertiary/aromatic N) is 1. The molecule has 2 heterocycles.